The average molecular weight is 323 g/mol. The number of hydrogen-bond donors (Lipinski definition) is 1. The van der Waals surface area contributed by atoms with Gasteiger partial charge >= 0.3 is 5.97 Å². The molecule has 0 radical (unpaired) electrons. The molecular formula is C19H17NO4. The Morgan fingerprint density at radius 1 is 1.04 bits per heavy atom. The first kappa shape index (κ1) is 15.8. The molecule has 3 rings (SSSR count). The molecule has 0 saturated heterocycles. The van der Waals surface area contributed by atoms with Crippen LogP contribution in [0.5, 0.6) is 5.75 Å². The van der Waals surface area contributed by atoms with E-state index in [4.69, 9.17) is 9.47 Å². The number of ether oxygens (including phenoxy) is 2. The molecule has 0 amide bonds. The normalized spacial score (nSPS) is 11.9. The molecule has 2 aromatic carbocycles. The van der Waals surface area contributed by atoms with Crippen LogP contribution in [0, 0.1) is 0 Å². The second kappa shape index (κ2) is 6.58. The SMILES string of the molecule is COc1ccc(C(=O)[C@H](C)OC(=O)c2cc3ccccc3[nH]2)cc1. The molecule has 122 valence electrons. The minimum absolute atomic E-state index is 0.262. The summed E-state index contributed by atoms with van der Waals surface area (Å²) in [4.78, 5) is 27.6. The van der Waals surface area contributed by atoms with Crippen LogP contribution in [0.3, 0.4) is 0 Å². The third kappa shape index (κ3) is 3.15. The van der Waals surface area contributed by atoms with Gasteiger partial charge in [-0.2, -0.15) is 0 Å². The van der Waals surface area contributed by atoms with Crippen LogP contribution in [0.4, 0.5) is 0 Å². The summed E-state index contributed by atoms with van der Waals surface area (Å²) in [7, 11) is 1.56. The van der Waals surface area contributed by atoms with E-state index < -0.39 is 12.1 Å². The second-order valence-electron chi connectivity index (χ2n) is 5.41. The number of hydrogen-bond acceptors (Lipinski definition) is 4. The van der Waals surface area contributed by atoms with Gasteiger partial charge in [-0.25, -0.2) is 4.79 Å². The number of methoxy groups -OCH3 is 1. The van der Waals surface area contributed by atoms with Crippen LogP contribution in [0.2, 0.25) is 0 Å². The zero-order chi connectivity index (χ0) is 17.1. The maximum atomic E-state index is 12.4. The van der Waals surface area contributed by atoms with Crippen LogP contribution in [-0.2, 0) is 4.74 Å². The summed E-state index contributed by atoms with van der Waals surface area (Å²) in [6, 6.07) is 15.9. The fraction of sp³-hybridized carbons (Fsp3) is 0.158. The first-order chi connectivity index (χ1) is 11.6. The lowest BCUT2D eigenvalue weighted by atomic mass is 10.1. The molecule has 0 unspecified atom stereocenters. The summed E-state index contributed by atoms with van der Waals surface area (Å²) in [5, 5.41) is 0.915. The lowest BCUT2D eigenvalue weighted by Crippen LogP contribution is -2.24. The van der Waals surface area contributed by atoms with Gasteiger partial charge in [-0.3, -0.25) is 4.79 Å². The van der Waals surface area contributed by atoms with Crippen molar-refractivity contribution >= 4 is 22.7 Å². The van der Waals surface area contributed by atoms with E-state index >= 15 is 0 Å². The molecule has 0 fully saturated rings. The molecule has 0 bridgehead atoms. The number of benzene rings is 2. The van der Waals surface area contributed by atoms with E-state index in [0.29, 0.717) is 17.0 Å². The minimum Gasteiger partial charge on any atom is -0.497 e. The number of para-hydroxylation sites is 1. The fourth-order valence-corrected chi connectivity index (χ4v) is 2.45. The lowest BCUT2D eigenvalue weighted by Gasteiger charge is -2.12. The van der Waals surface area contributed by atoms with E-state index in [9.17, 15) is 9.59 Å². The Bertz CT molecular complexity index is 847. The number of ketones is 1. The summed E-state index contributed by atoms with van der Waals surface area (Å²) in [6.07, 6.45) is -0.877. The number of esters is 1. The van der Waals surface area contributed by atoms with Crippen LogP contribution in [0.1, 0.15) is 27.8 Å². The molecule has 0 saturated carbocycles. The number of carbonyl (C=O) groups excluding carboxylic acids is 2. The molecule has 24 heavy (non-hydrogen) atoms. The Labute approximate surface area is 139 Å². The predicted octanol–water partition coefficient (Wildman–Crippen LogP) is 3.60. The van der Waals surface area contributed by atoms with Gasteiger partial charge in [-0.05, 0) is 43.3 Å². The minimum atomic E-state index is -0.877. The molecule has 0 spiro atoms. The van der Waals surface area contributed by atoms with Crippen molar-refractivity contribution in [1.82, 2.24) is 4.98 Å². The molecule has 1 aromatic heterocycles. The molecule has 0 aliphatic carbocycles. The average Bonchev–Trinajstić information content (AvgIpc) is 3.05. The highest BCUT2D eigenvalue weighted by atomic mass is 16.5. The number of aromatic nitrogens is 1. The highest BCUT2D eigenvalue weighted by Crippen LogP contribution is 2.17. The van der Waals surface area contributed by atoms with Gasteiger partial charge in [0.1, 0.15) is 11.4 Å². The van der Waals surface area contributed by atoms with Crippen molar-refractivity contribution in [2.75, 3.05) is 7.11 Å². The Morgan fingerprint density at radius 3 is 2.42 bits per heavy atom. The van der Waals surface area contributed by atoms with Crippen molar-refractivity contribution in [1.29, 1.82) is 0 Å². The summed E-state index contributed by atoms with van der Waals surface area (Å²) in [5.41, 5.74) is 1.64. The number of Topliss-reactive ketones (excluding diaryl/α,β-unsaturated/α-hetero) is 1. The summed E-state index contributed by atoms with van der Waals surface area (Å²) >= 11 is 0. The maximum Gasteiger partial charge on any atom is 0.355 e. The second-order valence-corrected chi connectivity index (χ2v) is 5.41. The van der Waals surface area contributed by atoms with Gasteiger partial charge in [0.2, 0.25) is 5.78 Å². The fourth-order valence-electron chi connectivity index (χ4n) is 2.45. The number of rotatable bonds is 5. The molecule has 5 nitrogen and oxygen atoms in total. The maximum absolute atomic E-state index is 12.4. The topological polar surface area (TPSA) is 68.4 Å². The smallest absolute Gasteiger partial charge is 0.355 e. The summed E-state index contributed by atoms with van der Waals surface area (Å²) in [5.74, 6) is -0.156. The molecule has 5 heteroatoms. The molecule has 0 aliphatic rings. The van der Waals surface area contributed by atoms with Crippen molar-refractivity contribution in [2.24, 2.45) is 0 Å². The van der Waals surface area contributed by atoms with E-state index in [0.717, 1.165) is 10.9 Å². The third-order valence-electron chi connectivity index (χ3n) is 3.78. The first-order valence-electron chi connectivity index (χ1n) is 7.55. The van der Waals surface area contributed by atoms with Crippen molar-refractivity contribution in [3.8, 4) is 5.75 Å². The lowest BCUT2D eigenvalue weighted by molar-refractivity contribution is 0.0314. The number of H-pyrrole nitrogens is 1. The van der Waals surface area contributed by atoms with Gasteiger partial charge in [0, 0.05) is 16.5 Å². The highest BCUT2D eigenvalue weighted by molar-refractivity contribution is 6.02. The van der Waals surface area contributed by atoms with Crippen molar-refractivity contribution in [2.45, 2.75) is 13.0 Å². The Morgan fingerprint density at radius 2 is 1.75 bits per heavy atom. The molecule has 1 N–H and O–H groups in total. The highest BCUT2D eigenvalue weighted by Gasteiger charge is 2.21. The predicted molar refractivity (Wildman–Crippen MR) is 90.5 cm³/mol. The molecular weight excluding hydrogens is 306 g/mol. The molecule has 1 atom stereocenters. The van der Waals surface area contributed by atoms with Gasteiger partial charge in [0.25, 0.3) is 0 Å². The monoisotopic (exact) mass is 323 g/mol. The molecule has 1 heterocycles. The number of aromatic amines is 1. The first-order valence-corrected chi connectivity index (χ1v) is 7.55. The van der Waals surface area contributed by atoms with Crippen LogP contribution in [0.25, 0.3) is 10.9 Å². The van der Waals surface area contributed by atoms with E-state index in [1.807, 2.05) is 24.3 Å². The number of carbonyl (C=O) groups is 2. The van der Waals surface area contributed by atoms with Gasteiger partial charge in [0.05, 0.1) is 7.11 Å². The van der Waals surface area contributed by atoms with Crippen molar-refractivity contribution < 1.29 is 19.1 Å². The van der Waals surface area contributed by atoms with E-state index in [-0.39, 0.29) is 5.78 Å². The zero-order valence-electron chi connectivity index (χ0n) is 13.4. The Balaban J connectivity index is 1.71. The van der Waals surface area contributed by atoms with Gasteiger partial charge in [-0.1, -0.05) is 18.2 Å². The Kier molecular flexibility index (Phi) is 4.33. The zero-order valence-corrected chi connectivity index (χ0v) is 13.4. The molecule has 3 aromatic rings. The number of nitrogens with one attached hydrogen (secondary N) is 1. The Hall–Kier alpha value is -3.08. The van der Waals surface area contributed by atoms with Gasteiger partial charge in [0.15, 0.2) is 6.10 Å². The van der Waals surface area contributed by atoms with Crippen molar-refractivity contribution in [3.05, 3.63) is 65.9 Å². The van der Waals surface area contributed by atoms with E-state index in [1.54, 1.807) is 44.4 Å². The quantitative estimate of drug-likeness (QED) is 0.575. The van der Waals surface area contributed by atoms with Crippen molar-refractivity contribution in [3.63, 3.8) is 0 Å². The largest absolute Gasteiger partial charge is 0.497 e. The van der Waals surface area contributed by atoms with Crippen LogP contribution < -0.4 is 4.74 Å². The van der Waals surface area contributed by atoms with Crippen LogP contribution in [0.15, 0.2) is 54.6 Å². The van der Waals surface area contributed by atoms with E-state index in [2.05, 4.69) is 4.98 Å². The van der Waals surface area contributed by atoms with E-state index in [1.165, 1.54) is 0 Å². The summed E-state index contributed by atoms with van der Waals surface area (Å²) < 4.78 is 10.3. The van der Waals surface area contributed by atoms with Gasteiger partial charge in [-0.15, -0.1) is 0 Å². The van der Waals surface area contributed by atoms with Crippen LogP contribution >= 0.6 is 0 Å². The van der Waals surface area contributed by atoms with Crippen LogP contribution in [-0.4, -0.2) is 30.0 Å². The number of fused-ring (bicyclic) bond motifs is 1. The third-order valence-corrected chi connectivity index (χ3v) is 3.78. The van der Waals surface area contributed by atoms with Gasteiger partial charge < -0.3 is 14.5 Å². The molecule has 0 aliphatic heterocycles. The standard InChI is InChI=1S/C19H17NO4/c1-12(18(21)13-7-9-15(23-2)10-8-13)24-19(22)17-11-14-5-3-4-6-16(14)20-17/h3-12,20H,1-2H3/t12-/m0/s1. The summed E-state index contributed by atoms with van der Waals surface area (Å²) in [6.45, 7) is 1.56.